The number of rotatable bonds is 9. The van der Waals surface area contributed by atoms with Crippen LogP contribution in [-0.2, 0) is 26.9 Å². The average Bonchev–Trinajstić information content (AvgIpc) is 2.86. The molecule has 2 amide bonds. The van der Waals surface area contributed by atoms with Crippen molar-refractivity contribution in [3.05, 3.63) is 70.8 Å². The molecule has 0 aliphatic heterocycles. The highest BCUT2D eigenvalue weighted by atomic mass is 19.1. The van der Waals surface area contributed by atoms with Gasteiger partial charge in [0, 0.05) is 31.1 Å². The largest absolute Gasteiger partial charge is 0.453 e. The predicted octanol–water partition coefficient (Wildman–Crippen LogP) is 4.45. The molecule has 39 heavy (non-hydrogen) atoms. The standard InChI is InChI=1S/C30H41F2N3O4/c1-19(36)34-26(15-20-13-23(31)17-24(32)14-20)27(37)18-33-30(11-9-25(10-12-30)35-28(38)39-5)22-8-6-7-21(16-22)29(2,3)4/h6-8,13-14,16-17,25-27,33,37H,9-12,15,18H2,1-5H3,(H,34,36)(H,35,38). The average molecular weight is 546 g/mol. The van der Waals surface area contributed by atoms with Crippen molar-refractivity contribution in [2.45, 2.75) is 88.9 Å². The summed E-state index contributed by atoms with van der Waals surface area (Å²) in [5.74, 6) is -1.78. The Hall–Kier alpha value is -3.04. The number of ether oxygens (including phenoxy) is 1. The minimum absolute atomic E-state index is 0.0295. The number of carbonyl (C=O) groups is 2. The summed E-state index contributed by atoms with van der Waals surface area (Å²) in [6, 6.07) is 10.8. The lowest BCUT2D eigenvalue weighted by Crippen LogP contribution is -2.54. The van der Waals surface area contributed by atoms with E-state index in [4.69, 9.17) is 4.74 Å². The summed E-state index contributed by atoms with van der Waals surface area (Å²) in [5, 5.41) is 20.4. The first kappa shape index (κ1) is 30.5. The molecule has 2 aromatic rings. The van der Waals surface area contributed by atoms with E-state index in [2.05, 4.69) is 54.9 Å². The minimum Gasteiger partial charge on any atom is -0.453 e. The van der Waals surface area contributed by atoms with E-state index in [0.29, 0.717) is 31.2 Å². The molecule has 1 aliphatic rings. The molecule has 0 heterocycles. The molecule has 0 radical (unpaired) electrons. The molecule has 214 valence electrons. The fourth-order valence-corrected chi connectivity index (χ4v) is 5.30. The number of methoxy groups -OCH3 is 1. The van der Waals surface area contributed by atoms with Crippen LogP contribution in [0.4, 0.5) is 13.6 Å². The topological polar surface area (TPSA) is 99.7 Å². The van der Waals surface area contributed by atoms with Crippen molar-refractivity contribution in [1.82, 2.24) is 16.0 Å². The summed E-state index contributed by atoms with van der Waals surface area (Å²) in [6.07, 6.45) is 1.37. The summed E-state index contributed by atoms with van der Waals surface area (Å²) >= 11 is 0. The van der Waals surface area contributed by atoms with Crippen LogP contribution in [0.25, 0.3) is 0 Å². The molecule has 0 aromatic heterocycles. The summed E-state index contributed by atoms with van der Waals surface area (Å²) in [6.45, 7) is 7.94. The summed E-state index contributed by atoms with van der Waals surface area (Å²) < 4.78 is 32.3. The number of aliphatic hydroxyl groups is 1. The SMILES string of the molecule is COC(=O)NC1CCC(NCC(O)C(Cc2cc(F)cc(F)c2)NC(C)=O)(c2cccc(C(C)(C)C)c2)CC1. The van der Waals surface area contributed by atoms with Gasteiger partial charge in [0.25, 0.3) is 0 Å². The van der Waals surface area contributed by atoms with Crippen LogP contribution in [0.5, 0.6) is 0 Å². The van der Waals surface area contributed by atoms with Crippen molar-refractivity contribution in [3.63, 3.8) is 0 Å². The first-order valence-electron chi connectivity index (χ1n) is 13.4. The number of hydrogen-bond acceptors (Lipinski definition) is 5. The number of nitrogens with one attached hydrogen (secondary N) is 3. The maximum Gasteiger partial charge on any atom is 0.407 e. The van der Waals surface area contributed by atoms with Gasteiger partial charge in [-0.3, -0.25) is 4.79 Å². The maximum atomic E-state index is 13.8. The smallest absolute Gasteiger partial charge is 0.407 e. The highest BCUT2D eigenvalue weighted by Gasteiger charge is 2.38. The van der Waals surface area contributed by atoms with E-state index in [0.717, 1.165) is 11.6 Å². The number of amides is 2. The van der Waals surface area contributed by atoms with Gasteiger partial charge in [-0.25, -0.2) is 13.6 Å². The lowest BCUT2D eigenvalue weighted by molar-refractivity contribution is -0.120. The van der Waals surface area contributed by atoms with Gasteiger partial charge in [0.15, 0.2) is 0 Å². The van der Waals surface area contributed by atoms with Crippen LogP contribution >= 0.6 is 0 Å². The van der Waals surface area contributed by atoms with Crippen molar-refractivity contribution < 1.29 is 28.2 Å². The number of halogens is 2. The van der Waals surface area contributed by atoms with Crippen LogP contribution < -0.4 is 16.0 Å². The van der Waals surface area contributed by atoms with Gasteiger partial charge in [-0.15, -0.1) is 0 Å². The van der Waals surface area contributed by atoms with E-state index in [1.165, 1.54) is 31.7 Å². The first-order chi connectivity index (χ1) is 18.3. The van der Waals surface area contributed by atoms with E-state index in [9.17, 15) is 23.5 Å². The van der Waals surface area contributed by atoms with Crippen LogP contribution in [0.2, 0.25) is 0 Å². The lowest BCUT2D eigenvalue weighted by Gasteiger charge is -2.43. The van der Waals surface area contributed by atoms with Gasteiger partial charge < -0.3 is 25.8 Å². The molecule has 7 nitrogen and oxygen atoms in total. The van der Waals surface area contributed by atoms with Crippen molar-refractivity contribution >= 4 is 12.0 Å². The zero-order chi connectivity index (χ0) is 28.8. The Morgan fingerprint density at radius 2 is 1.74 bits per heavy atom. The Bertz CT molecular complexity index is 1120. The molecule has 1 aliphatic carbocycles. The van der Waals surface area contributed by atoms with Gasteiger partial charge >= 0.3 is 6.09 Å². The molecular weight excluding hydrogens is 504 g/mol. The Morgan fingerprint density at radius 3 is 2.31 bits per heavy atom. The minimum atomic E-state index is -1.03. The summed E-state index contributed by atoms with van der Waals surface area (Å²) in [7, 11) is 1.34. The third-order valence-corrected chi connectivity index (χ3v) is 7.51. The number of carbonyl (C=O) groups excluding carboxylic acids is 2. The van der Waals surface area contributed by atoms with Gasteiger partial charge in [-0.1, -0.05) is 45.0 Å². The number of alkyl carbamates (subject to hydrolysis) is 1. The Balaban J connectivity index is 1.84. The number of benzene rings is 2. The molecule has 1 saturated carbocycles. The van der Waals surface area contributed by atoms with Gasteiger partial charge in [-0.05, 0) is 66.3 Å². The molecule has 0 spiro atoms. The zero-order valence-electron chi connectivity index (χ0n) is 23.4. The third-order valence-electron chi connectivity index (χ3n) is 7.51. The van der Waals surface area contributed by atoms with E-state index in [-0.39, 0.29) is 30.3 Å². The van der Waals surface area contributed by atoms with Gasteiger partial charge in [0.05, 0.1) is 19.3 Å². The van der Waals surface area contributed by atoms with Gasteiger partial charge in [0.2, 0.25) is 5.91 Å². The molecular formula is C30H41F2N3O4. The quantitative estimate of drug-likeness (QED) is 0.373. The number of aliphatic hydroxyl groups excluding tert-OH is 1. The second-order valence-corrected chi connectivity index (χ2v) is 11.6. The van der Waals surface area contributed by atoms with E-state index < -0.39 is 35.4 Å². The fourth-order valence-electron chi connectivity index (χ4n) is 5.30. The van der Waals surface area contributed by atoms with Crippen LogP contribution in [0.15, 0.2) is 42.5 Å². The molecule has 2 atom stereocenters. The van der Waals surface area contributed by atoms with Gasteiger partial charge in [-0.2, -0.15) is 0 Å². The van der Waals surface area contributed by atoms with Crippen LogP contribution in [-0.4, -0.2) is 48.9 Å². The second-order valence-electron chi connectivity index (χ2n) is 11.6. The molecule has 0 bridgehead atoms. The highest BCUT2D eigenvalue weighted by Crippen LogP contribution is 2.39. The number of hydrogen-bond donors (Lipinski definition) is 4. The summed E-state index contributed by atoms with van der Waals surface area (Å²) in [4.78, 5) is 23.7. The van der Waals surface area contributed by atoms with Crippen molar-refractivity contribution in [2.24, 2.45) is 0 Å². The van der Waals surface area contributed by atoms with E-state index in [1.54, 1.807) is 0 Å². The van der Waals surface area contributed by atoms with Gasteiger partial charge in [0.1, 0.15) is 11.6 Å². The third kappa shape index (κ3) is 8.47. The monoisotopic (exact) mass is 545 g/mol. The second kappa shape index (κ2) is 12.9. The molecule has 3 rings (SSSR count). The Morgan fingerprint density at radius 1 is 1.10 bits per heavy atom. The molecule has 1 fully saturated rings. The van der Waals surface area contributed by atoms with Crippen LogP contribution in [0.1, 0.15) is 70.1 Å². The molecule has 2 aromatic carbocycles. The Labute approximate surface area is 229 Å². The van der Waals surface area contributed by atoms with Crippen molar-refractivity contribution in [2.75, 3.05) is 13.7 Å². The summed E-state index contributed by atoms with van der Waals surface area (Å²) in [5.41, 5.74) is 2.06. The van der Waals surface area contributed by atoms with E-state index in [1.807, 2.05) is 6.07 Å². The normalized spacial score (nSPS) is 21.1. The molecule has 0 saturated heterocycles. The first-order valence-corrected chi connectivity index (χ1v) is 13.4. The van der Waals surface area contributed by atoms with Crippen molar-refractivity contribution in [1.29, 1.82) is 0 Å². The highest BCUT2D eigenvalue weighted by molar-refractivity contribution is 5.73. The maximum absolute atomic E-state index is 13.8. The molecule has 4 N–H and O–H groups in total. The fraction of sp³-hybridized carbons (Fsp3) is 0.533. The van der Waals surface area contributed by atoms with E-state index >= 15 is 0 Å². The lowest BCUT2D eigenvalue weighted by atomic mass is 9.73. The van der Waals surface area contributed by atoms with Crippen LogP contribution in [0, 0.1) is 11.6 Å². The predicted molar refractivity (Wildman–Crippen MR) is 146 cm³/mol. The van der Waals surface area contributed by atoms with Crippen molar-refractivity contribution in [3.8, 4) is 0 Å². The molecule has 9 heteroatoms. The molecule has 2 unspecified atom stereocenters. The van der Waals surface area contributed by atoms with Crippen LogP contribution in [0.3, 0.4) is 0 Å². The zero-order valence-corrected chi connectivity index (χ0v) is 23.4. The Kier molecular flexibility index (Phi) is 10.1.